The van der Waals surface area contributed by atoms with Crippen LogP contribution in [0.15, 0.2) is 22.7 Å². The molecule has 0 radical (unpaired) electrons. The van der Waals surface area contributed by atoms with Crippen LogP contribution in [-0.4, -0.2) is 35.1 Å². The molecule has 0 aliphatic carbocycles. The van der Waals surface area contributed by atoms with Gasteiger partial charge in [0.15, 0.2) is 0 Å². The van der Waals surface area contributed by atoms with Crippen LogP contribution in [0.3, 0.4) is 0 Å². The maximum Gasteiger partial charge on any atom is 0.326 e. The van der Waals surface area contributed by atoms with Crippen molar-refractivity contribution < 1.29 is 14.7 Å². The second kappa shape index (κ2) is 6.20. The molecule has 0 aliphatic rings. The van der Waals surface area contributed by atoms with Gasteiger partial charge in [-0.15, -0.1) is 0 Å². The maximum atomic E-state index is 11.9. The van der Waals surface area contributed by atoms with Gasteiger partial charge < -0.3 is 15.3 Å². The Labute approximate surface area is 118 Å². The summed E-state index contributed by atoms with van der Waals surface area (Å²) in [6, 6.07) is 5.21. The molecule has 1 aromatic rings. The van der Waals surface area contributed by atoms with E-state index in [1.54, 1.807) is 18.2 Å². The number of anilines is 1. The van der Waals surface area contributed by atoms with E-state index in [0.717, 1.165) is 4.90 Å². The molecule has 0 fully saturated rings. The quantitative estimate of drug-likeness (QED) is 0.891. The molecule has 2 N–H and O–H groups in total. The van der Waals surface area contributed by atoms with Gasteiger partial charge in [-0.05, 0) is 25.1 Å². The van der Waals surface area contributed by atoms with Crippen LogP contribution < -0.4 is 5.32 Å². The van der Waals surface area contributed by atoms with Crippen molar-refractivity contribution in [3.8, 4) is 6.07 Å². The summed E-state index contributed by atoms with van der Waals surface area (Å²) in [4.78, 5) is 23.7. The largest absolute Gasteiger partial charge is 0.480 e. The number of benzene rings is 1. The van der Waals surface area contributed by atoms with Gasteiger partial charge in [0.1, 0.15) is 12.1 Å². The number of nitrogens with one attached hydrogen (secondary N) is 1. The SMILES string of the molecule is CC(C(=O)O)N(C)C(=O)Nc1cc(Br)ccc1C#N. The van der Waals surface area contributed by atoms with Crippen molar-refractivity contribution in [2.24, 2.45) is 0 Å². The number of nitriles is 1. The number of carboxylic acid groups (broad SMARTS) is 1. The van der Waals surface area contributed by atoms with Crippen molar-refractivity contribution in [1.82, 2.24) is 4.90 Å². The van der Waals surface area contributed by atoms with Crippen molar-refractivity contribution in [3.05, 3.63) is 28.2 Å². The van der Waals surface area contributed by atoms with Crippen LogP contribution in [0.5, 0.6) is 0 Å². The van der Waals surface area contributed by atoms with Crippen LogP contribution in [-0.2, 0) is 4.79 Å². The molecule has 1 aromatic carbocycles. The fourth-order valence-corrected chi connectivity index (χ4v) is 1.62. The molecule has 0 bridgehead atoms. The molecule has 0 saturated carbocycles. The molecular weight excluding hydrogens is 314 g/mol. The van der Waals surface area contributed by atoms with Crippen molar-refractivity contribution in [1.29, 1.82) is 5.26 Å². The minimum atomic E-state index is -1.10. The van der Waals surface area contributed by atoms with Crippen molar-refractivity contribution in [2.75, 3.05) is 12.4 Å². The maximum absolute atomic E-state index is 11.9. The Balaban J connectivity index is 2.91. The number of carboxylic acids is 1. The topological polar surface area (TPSA) is 93.4 Å². The summed E-state index contributed by atoms with van der Waals surface area (Å²) in [6.07, 6.45) is 0. The fourth-order valence-electron chi connectivity index (χ4n) is 1.26. The molecular formula is C12H12BrN3O3. The van der Waals surface area contributed by atoms with Gasteiger partial charge in [-0.1, -0.05) is 15.9 Å². The summed E-state index contributed by atoms with van der Waals surface area (Å²) in [5.74, 6) is -1.10. The lowest BCUT2D eigenvalue weighted by Crippen LogP contribution is -2.42. The number of hydrogen-bond donors (Lipinski definition) is 2. The number of aliphatic carboxylic acids is 1. The van der Waals surface area contributed by atoms with Crippen molar-refractivity contribution >= 4 is 33.6 Å². The molecule has 0 spiro atoms. The number of urea groups is 1. The lowest BCUT2D eigenvalue weighted by Gasteiger charge is -2.22. The average Bonchev–Trinajstić information content (AvgIpc) is 2.37. The smallest absolute Gasteiger partial charge is 0.326 e. The lowest BCUT2D eigenvalue weighted by atomic mass is 10.2. The molecule has 7 heteroatoms. The van der Waals surface area contributed by atoms with E-state index in [1.165, 1.54) is 14.0 Å². The van der Waals surface area contributed by atoms with E-state index in [2.05, 4.69) is 21.2 Å². The zero-order valence-electron chi connectivity index (χ0n) is 10.3. The van der Waals surface area contributed by atoms with Gasteiger partial charge in [0.05, 0.1) is 11.3 Å². The molecule has 1 atom stereocenters. The highest BCUT2D eigenvalue weighted by Gasteiger charge is 2.22. The predicted molar refractivity (Wildman–Crippen MR) is 72.7 cm³/mol. The van der Waals surface area contributed by atoms with Crippen LogP contribution in [0.25, 0.3) is 0 Å². The first-order chi connectivity index (χ1) is 8.86. The van der Waals surface area contributed by atoms with Crippen LogP contribution in [0.2, 0.25) is 0 Å². The average molecular weight is 326 g/mol. The Morgan fingerprint density at radius 1 is 1.53 bits per heavy atom. The van der Waals surface area contributed by atoms with Crippen molar-refractivity contribution in [3.63, 3.8) is 0 Å². The Bertz CT molecular complexity index is 554. The first-order valence-electron chi connectivity index (χ1n) is 5.33. The van der Waals surface area contributed by atoms with E-state index in [-0.39, 0.29) is 0 Å². The van der Waals surface area contributed by atoms with Gasteiger partial charge in [-0.3, -0.25) is 0 Å². The molecule has 6 nitrogen and oxygen atoms in total. The van der Waals surface area contributed by atoms with Gasteiger partial charge in [0.25, 0.3) is 0 Å². The molecule has 1 unspecified atom stereocenters. The minimum Gasteiger partial charge on any atom is -0.480 e. The van der Waals surface area contributed by atoms with E-state index in [1.807, 2.05) is 6.07 Å². The molecule has 2 amide bonds. The molecule has 100 valence electrons. The van der Waals surface area contributed by atoms with E-state index >= 15 is 0 Å². The van der Waals surface area contributed by atoms with Crippen molar-refractivity contribution in [2.45, 2.75) is 13.0 Å². The molecule has 0 aromatic heterocycles. The standard InChI is InChI=1S/C12H12BrN3O3/c1-7(11(17)18)16(2)12(19)15-10-5-9(13)4-3-8(10)6-14/h3-5,7H,1-2H3,(H,15,19)(H,17,18). The Morgan fingerprint density at radius 2 is 2.16 bits per heavy atom. The summed E-state index contributed by atoms with van der Waals surface area (Å²) in [6.45, 7) is 1.40. The summed E-state index contributed by atoms with van der Waals surface area (Å²) >= 11 is 3.24. The van der Waals surface area contributed by atoms with E-state index in [4.69, 9.17) is 10.4 Å². The van der Waals surface area contributed by atoms with Crippen LogP contribution in [0, 0.1) is 11.3 Å². The molecule has 1 rings (SSSR count). The highest BCUT2D eigenvalue weighted by atomic mass is 79.9. The Hall–Kier alpha value is -2.07. The fraction of sp³-hybridized carbons (Fsp3) is 0.250. The number of rotatable bonds is 3. The second-order valence-electron chi connectivity index (χ2n) is 3.86. The van der Waals surface area contributed by atoms with Crippen LogP contribution in [0.1, 0.15) is 12.5 Å². The second-order valence-corrected chi connectivity index (χ2v) is 4.77. The van der Waals surface area contributed by atoms with Gasteiger partial charge in [-0.2, -0.15) is 5.26 Å². The van der Waals surface area contributed by atoms with Gasteiger partial charge in [-0.25, -0.2) is 9.59 Å². The lowest BCUT2D eigenvalue weighted by molar-refractivity contribution is -0.141. The van der Waals surface area contributed by atoms with Gasteiger partial charge in [0, 0.05) is 11.5 Å². The van der Waals surface area contributed by atoms with Gasteiger partial charge >= 0.3 is 12.0 Å². The molecule has 0 heterocycles. The van der Waals surface area contributed by atoms with Gasteiger partial charge in [0.2, 0.25) is 0 Å². The normalized spacial score (nSPS) is 11.3. The summed E-state index contributed by atoms with van der Waals surface area (Å²) < 4.78 is 0.704. The summed E-state index contributed by atoms with van der Waals surface area (Å²) in [5.41, 5.74) is 0.624. The summed E-state index contributed by atoms with van der Waals surface area (Å²) in [7, 11) is 1.37. The summed E-state index contributed by atoms with van der Waals surface area (Å²) in [5, 5.41) is 20.3. The van der Waals surface area contributed by atoms with Crippen LogP contribution in [0.4, 0.5) is 10.5 Å². The number of amides is 2. The Kier molecular flexibility index (Phi) is 4.89. The third-order valence-electron chi connectivity index (χ3n) is 2.60. The van der Waals surface area contributed by atoms with E-state index < -0.39 is 18.0 Å². The highest BCUT2D eigenvalue weighted by molar-refractivity contribution is 9.10. The van der Waals surface area contributed by atoms with E-state index in [9.17, 15) is 9.59 Å². The zero-order valence-corrected chi connectivity index (χ0v) is 11.9. The number of carbonyl (C=O) groups excluding carboxylic acids is 1. The minimum absolute atomic E-state index is 0.299. The number of halogens is 1. The third kappa shape index (κ3) is 3.69. The first-order valence-corrected chi connectivity index (χ1v) is 6.12. The zero-order chi connectivity index (χ0) is 14.6. The van der Waals surface area contributed by atoms with Crippen LogP contribution >= 0.6 is 15.9 Å². The highest BCUT2D eigenvalue weighted by Crippen LogP contribution is 2.21. The molecule has 19 heavy (non-hydrogen) atoms. The number of nitrogens with zero attached hydrogens (tertiary/aromatic N) is 2. The molecule has 0 saturated heterocycles. The first kappa shape index (κ1) is 15.0. The number of carbonyl (C=O) groups is 2. The monoisotopic (exact) mass is 325 g/mol. The van der Waals surface area contributed by atoms with E-state index in [0.29, 0.717) is 15.7 Å². The molecule has 0 aliphatic heterocycles. The number of likely N-dealkylation sites (N-methyl/N-ethyl adjacent to an activating group) is 1. The Morgan fingerprint density at radius 3 is 2.68 bits per heavy atom. The number of hydrogen-bond acceptors (Lipinski definition) is 3. The third-order valence-corrected chi connectivity index (χ3v) is 3.10. The predicted octanol–water partition coefficient (Wildman–Crippen LogP) is 2.26.